The molecule has 0 spiro atoms. The van der Waals surface area contributed by atoms with E-state index >= 15 is 0 Å². The first-order valence-electron chi connectivity index (χ1n) is 6.98. The first-order valence-corrected chi connectivity index (χ1v) is 6.98. The van der Waals surface area contributed by atoms with E-state index in [9.17, 15) is 0 Å². The van der Waals surface area contributed by atoms with Crippen molar-refractivity contribution in [2.45, 2.75) is 71.3 Å². The second-order valence-electron chi connectivity index (χ2n) is 5.30. The molecule has 1 saturated carbocycles. The van der Waals surface area contributed by atoms with Crippen molar-refractivity contribution in [1.29, 1.82) is 0 Å². The van der Waals surface area contributed by atoms with E-state index in [0.717, 1.165) is 12.0 Å². The molecule has 1 aliphatic carbocycles. The lowest BCUT2D eigenvalue weighted by Crippen LogP contribution is -2.35. The van der Waals surface area contributed by atoms with Crippen molar-refractivity contribution in [1.82, 2.24) is 4.90 Å². The molecule has 15 heavy (non-hydrogen) atoms. The van der Waals surface area contributed by atoms with E-state index in [2.05, 4.69) is 25.8 Å². The summed E-state index contributed by atoms with van der Waals surface area (Å²) in [7, 11) is 2.32. The minimum Gasteiger partial charge on any atom is -0.303 e. The third kappa shape index (κ3) is 4.55. The third-order valence-corrected chi connectivity index (χ3v) is 4.00. The lowest BCUT2D eigenvalue weighted by Gasteiger charge is -2.34. The summed E-state index contributed by atoms with van der Waals surface area (Å²) in [6.07, 6.45) is 11.4. The van der Waals surface area contributed by atoms with Crippen LogP contribution in [0, 0.1) is 5.92 Å². The minimum absolute atomic E-state index is 0.893. The van der Waals surface area contributed by atoms with E-state index in [0.29, 0.717) is 0 Å². The SMILES string of the molecule is CCCCN(C)C1CCC(CCC)CC1. The number of hydrogen-bond acceptors (Lipinski definition) is 1. The van der Waals surface area contributed by atoms with E-state index in [1.165, 1.54) is 57.9 Å². The van der Waals surface area contributed by atoms with Crippen molar-refractivity contribution in [3.63, 3.8) is 0 Å². The summed E-state index contributed by atoms with van der Waals surface area (Å²) in [5.74, 6) is 1.05. The van der Waals surface area contributed by atoms with E-state index in [-0.39, 0.29) is 0 Å². The van der Waals surface area contributed by atoms with Gasteiger partial charge in [-0.2, -0.15) is 0 Å². The molecular formula is C14H29N. The molecule has 0 aromatic carbocycles. The normalized spacial score (nSPS) is 27.2. The van der Waals surface area contributed by atoms with Gasteiger partial charge in [-0.3, -0.25) is 0 Å². The molecule has 1 aliphatic rings. The summed E-state index contributed by atoms with van der Waals surface area (Å²) >= 11 is 0. The Balaban J connectivity index is 2.18. The molecule has 0 aromatic rings. The second kappa shape index (κ2) is 7.27. The van der Waals surface area contributed by atoms with E-state index < -0.39 is 0 Å². The molecule has 0 aromatic heterocycles. The molecule has 0 radical (unpaired) electrons. The summed E-state index contributed by atoms with van der Waals surface area (Å²) in [5.41, 5.74) is 0. The largest absolute Gasteiger partial charge is 0.303 e. The van der Waals surface area contributed by atoms with Crippen molar-refractivity contribution >= 4 is 0 Å². The van der Waals surface area contributed by atoms with Crippen molar-refractivity contribution in [2.75, 3.05) is 13.6 Å². The van der Waals surface area contributed by atoms with Crippen LogP contribution in [0.5, 0.6) is 0 Å². The van der Waals surface area contributed by atoms with Crippen molar-refractivity contribution in [2.24, 2.45) is 5.92 Å². The van der Waals surface area contributed by atoms with Crippen molar-refractivity contribution < 1.29 is 0 Å². The number of rotatable bonds is 6. The Hall–Kier alpha value is -0.0400. The van der Waals surface area contributed by atoms with Gasteiger partial charge in [0.2, 0.25) is 0 Å². The van der Waals surface area contributed by atoms with Gasteiger partial charge < -0.3 is 4.90 Å². The van der Waals surface area contributed by atoms with Crippen LogP contribution in [0.4, 0.5) is 0 Å². The van der Waals surface area contributed by atoms with Gasteiger partial charge in [-0.25, -0.2) is 0 Å². The summed E-state index contributed by atoms with van der Waals surface area (Å²) in [4.78, 5) is 2.60. The molecule has 0 atom stereocenters. The quantitative estimate of drug-likeness (QED) is 0.640. The van der Waals surface area contributed by atoms with Gasteiger partial charge in [0, 0.05) is 6.04 Å². The highest BCUT2D eigenvalue weighted by Gasteiger charge is 2.22. The van der Waals surface area contributed by atoms with Gasteiger partial charge >= 0.3 is 0 Å². The molecule has 0 bridgehead atoms. The van der Waals surface area contributed by atoms with Crippen LogP contribution in [0.1, 0.15) is 65.2 Å². The summed E-state index contributed by atoms with van der Waals surface area (Å²) in [6, 6.07) is 0.893. The highest BCUT2D eigenvalue weighted by Crippen LogP contribution is 2.29. The first-order chi connectivity index (χ1) is 7.27. The van der Waals surface area contributed by atoms with Gasteiger partial charge in [0.25, 0.3) is 0 Å². The summed E-state index contributed by atoms with van der Waals surface area (Å²) in [5, 5.41) is 0. The summed E-state index contributed by atoms with van der Waals surface area (Å²) in [6.45, 7) is 5.91. The standard InChI is InChI=1S/C14H29N/c1-4-6-12-15(3)14-10-8-13(7-5-2)9-11-14/h13-14H,4-12H2,1-3H3. The van der Waals surface area contributed by atoms with Gasteiger partial charge in [-0.1, -0.05) is 33.1 Å². The van der Waals surface area contributed by atoms with Crippen LogP contribution in [0.3, 0.4) is 0 Å². The minimum atomic E-state index is 0.893. The molecule has 0 saturated heterocycles. The molecule has 1 fully saturated rings. The van der Waals surface area contributed by atoms with Crippen LogP contribution in [0.15, 0.2) is 0 Å². The molecule has 1 nitrogen and oxygen atoms in total. The van der Waals surface area contributed by atoms with Gasteiger partial charge in [0.05, 0.1) is 0 Å². The van der Waals surface area contributed by atoms with Crippen molar-refractivity contribution in [3.8, 4) is 0 Å². The highest BCUT2D eigenvalue weighted by atomic mass is 15.1. The number of unbranched alkanes of at least 4 members (excludes halogenated alkanes) is 1. The van der Waals surface area contributed by atoms with Crippen LogP contribution >= 0.6 is 0 Å². The average Bonchev–Trinajstić information content (AvgIpc) is 2.27. The molecule has 1 heteroatoms. The van der Waals surface area contributed by atoms with Gasteiger partial charge in [0.15, 0.2) is 0 Å². The fourth-order valence-corrected chi connectivity index (χ4v) is 2.87. The average molecular weight is 211 g/mol. The molecule has 0 amide bonds. The Morgan fingerprint density at radius 2 is 1.67 bits per heavy atom. The summed E-state index contributed by atoms with van der Waals surface area (Å²) < 4.78 is 0. The Labute approximate surface area is 96.2 Å². The Morgan fingerprint density at radius 1 is 1.00 bits per heavy atom. The van der Waals surface area contributed by atoms with Crippen LogP contribution in [-0.4, -0.2) is 24.5 Å². The highest BCUT2D eigenvalue weighted by molar-refractivity contribution is 4.77. The molecular weight excluding hydrogens is 182 g/mol. The van der Waals surface area contributed by atoms with E-state index in [1.54, 1.807) is 0 Å². The smallest absolute Gasteiger partial charge is 0.00924 e. The third-order valence-electron chi connectivity index (χ3n) is 4.00. The van der Waals surface area contributed by atoms with Crippen LogP contribution in [-0.2, 0) is 0 Å². The predicted octanol–water partition coefficient (Wildman–Crippen LogP) is 4.08. The molecule has 90 valence electrons. The zero-order valence-electron chi connectivity index (χ0n) is 11.0. The number of hydrogen-bond donors (Lipinski definition) is 0. The van der Waals surface area contributed by atoms with Gasteiger partial charge in [0.1, 0.15) is 0 Å². The first kappa shape index (κ1) is 13.0. The lowest BCUT2D eigenvalue weighted by atomic mass is 9.83. The Kier molecular flexibility index (Phi) is 6.31. The molecule has 0 heterocycles. The van der Waals surface area contributed by atoms with Crippen LogP contribution in [0.25, 0.3) is 0 Å². The molecule has 0 aliphatic heterocycles. The fourth-order valence-electron chi connectivity index (χ4n) is 2.87. The molecule has 0 unspecified atom stereocenters. The van der Waals surface area contributed by atoms with Crippen molar-refractivity contribution in [3.05, 3.63) is 0 Å². The fraction of sp³-hybridized carbons (Fsp3) is 1.00. The van der Waals surface area contributed by atoms with Gasteiger partial charge in [-0.15, -0.1) is 0 Å². The topological polar surface area (TPSA) is 3.24 Å². The maximum absolute atomic E-state index is 2.60. The molecule has 0 N–H and O–H groups in total. The van der Waals surface area contributed by atoms with E-state index in [1.807, 2.05) is 0 Å². The van der Waals surface area contributed by atoms with Crippen LogP contribution < -0.4 is 0 Å². The Bertz CT molecular complexity index is 147. The molecule has 1 rings (SSSR count). The maximum Gasteiger partial charge on any atom is 0.00924 e. The maximum atomic E-state index is 2.60. The zero-order chi connectivity index (χ0) is 11.1. The lowest BCUT2D eigenvalue weighted by molar-refractivity contribution is 0.160. The Morgan fingerprint density at radius 3 is 2.20 bits per heavy atom. The second-order valence-corrected chi connectivity index (χ2v) is 5.30. The monoisotopic (exact) mass is 211 g/mol. The zero-order valence-corrected chi connectivity index (χ0v) is 11.0. The van der Waals surface area contributed by atoms with E-state index in [4.69, 9.17) is 0 Å². The van der Waals surface area contributed by atoms with Gasteiger partial charge in [-0.05, 0) is 51.6 Å². The number of nitrogens with zero attached hydrogens (tertiary/aromatic N) is 1. The van der Waals surface area contributed by atoms with Crippen LogP contribution in [0.2, 0.25) is 0 Å². The predicted molar refractivity (Wildman–Crippen MR) is 68.2 cm³/mol.